The predicted octanol–water partition coefficient (Wildman–Crippen LogP) is 2.34. The van der Waals surface area contributed by atoms with E-state index in [1.807, 2.05) is 0 Å². The second-order valence-corrected chi connectivity index (χ2v) is 9.07. The minimum Gasteiger partial charge on any atom is -0.497 e. The number of rotatable bonds is 6. The number of thiophene rings is 1. The number of ether oxygens (including phenoxy) is 2. The van der Waals surface area contributed by atoms with Crippen molar-refractivity contribution in [3.63, 3.8) is 0 Å². The summed E-state index contributed by atoms with van der Waals surface area (Å²) in [5.41, 5.74) is 0. The number of carbonyl (C=O) groups excluding carboxylic acids is 2. The molecule has 1 aliphatic heterocycles. The largest absolute Gasteiger partial charge is 0.497 e. The first-order valence-electron chi connectivity index (χ1n) is 8.51. The Balaban J connectivity index is 1.76. The van der Waals surface area contributed by atoms with Gasteiger partial charge in [-0.05, 0) is 49.2 Å². The first-order chi connectivity index (χ1) is 13.4. The number of carbonyl (C=O) groups is 2. The molecule has 1 fully saturated rings. The monoisotopic (exact) mass is 424 g/mol. The molecule has 1 atom stereocenters. The third-order valence-electron chi connectivity index (χ3n) is 4.41. The number of methoxy groups -OCH3 is 2. The Morgan fingerprint density at radius 2 is 1.86 bits per heavy atom. The van der Waals surface area contributed by atoms with Gasteiger partial charge in [0.1, 0.15) is 16.7 Å². The molecule has 0 spiro atoms. The van der Waals surface area contributed by atoms with Crippen LogP contribution in [0.25, 0.3) is 0 Å². The number of benzene rings is 1. The number of esters is 1. The predicted molar refractivity (Wildman–Crippen MR) is 104 cm³/mol. The molecule has 3 rings (SSSR count). The lowest BCUT2D eigenvalue weighted by Gasteiger charge is -2.23. The van der Waals surface area contributed by atoms with Gasteiger partial charge in [-0.25, -0.2) is 13.2 Å². The Morgan fingerprint density at radius 1 is 1.14 bits per heavy atom. The number of amides is 1. The van der Waals surface area contributed by atoms with Crippen molar-refractivity contribution in [2.75, 3.05) is 26.1 Å². The van der Waals surface area contributed by atoms with Crippen molar-refractivity contribution >= 4 is 38.2 Å². The molecule has 0 unspecified atom stereocenters. The van der Waals surface area contributed by atoms with E-state index in [0.717, 1.165) is 11.3 Å². The van der Waals surface area contributed by atoms with E-state index in [4.69, 9.17) is 4.74 Å². The summed E-state index contributed by atoms with van der Waals surface area (Å²) in [4.78, 5) is 24.7. The number of hydrogen-bond donors (Lipinski definition) is 1. The molecule has 0 saturated carbocycles. The fraction of sp³-hybridized carbons (Fsp3) is 0.333. The zero-order chi connectivity index (χ0) is 20.3. The van der Waals surface area contributed by atoms with Gasteiger partial charge in [-0.15, -0.1) is 11.3 Å². The van der Waals surface area contributed by atoms with Crippen molar-refractivity contribution in [2.45, 2.75) is 23.8 Å². The first-order valence-corrected chi connectivity index (χ1v) is 10.8. The van der Waals surface area contributed by atoms with Crippen LogP contribution in [0.5, 0.6) is 5.75 Å². The van der Waals surface area contributed by atoms with Crippen LogP contribution in [0.1, 0.15) is 22.5 Å². The van der Waals surface area contributed by atoms with E-state index in [2.05, 4.69) is 10.1 Å². The van der Waals surface area contributed by atoms with Crippen LogP contribution in [-0.4, -0.2) is 51.4 Å². The average Bonchev–Trinajstić information content (AvgIpc) is 3.37. The van der Waals surface area contributed by atoms with Gasteiger partial charge in [0.2, 0.25) is 15.9 Å². The number of sulfonamides is 1. The summed E-state index contributed by atoms with van der Waals surface area (Å²) >= 11 is 1.07. The lowest BCUT2D eigenvalue weighted by Crippen LogP contribution is -2.43. The molecule has 28 heavy (non-hydrogen) atoms. The van der Waals surface area contributed by atoms with Gasteiger partial charge in [0.25, 0.3) is 0 Å². The van der Waals surface area contributed by atoms with Crippen molar-refractivity contribution in [2.24, 2.45) is 0 Å². The summed E-state index contributed by atoms with van der Waals surface area (Å²) in [6.45, 7) is 0.268. The fourth-order valence-electron chi connectivity index (χ4n) is 2.99. The minimum atomic E-state index is -3.82. The molecule has 1 aromatic carbocycles. The second-order valence-electron chi connectivity index (χ2n) is 6.09. The third kappa shape index (κ3) is 4.03. The number of anilines is 1. The lowest BCUT2D eigenvalue weighted by atomic mass is 10.2. The molecule has 150 valence electrons. The Kier molecular flexibility index (Phi) is 6.01. The first kappa shape index (κ1) is 20.3. The second kappa shape index (κ2) is 8.29. The maximum atomic E-state index is 13.0. The molecule has 10 heteroatoms. The van der Waals surface area contributed by atoms with Gasteiger partial charge in [0.05, 0.1) is 24.1 Å². The molecule has 0 aliphatic carbocycles. The maximum absolute atomic E-state index is 13.0. The van der Waals surface area contributed by atoms with Crippen molar-refractivity contribution in [3.8, 4) is 5.75 Å². The summed E-state index contributed by atoms with van der Waals surface area (Å²) < 4.78 is 36.9. The van der Waals surface area contributed by atoms with E-state index in [0.29, 0.717) is 28.5 Å². The smallest absolute Gasteiger partial charge is 0.348 e. The molecule has 0 bridgehead atoms. The van der Waals surface area contributed by atoms with Gasteiger partial charge in [-0.2, -0.15) is 4.31 Å². The van der Waals surface area contributed by atoms with Crippen molar-refractivity contribution in [1.29, 1.82) is 0 Å². The van der Waals surface area contributed by atoms with Crippen LogP contribution in [0, 0.1) is 0 Å². The van der Waals surface area contributed by atoms with Gasteiger partial charge in [-0.3, -0.25) is 4.79 Å². The molecule has 1 N–H and O–H groups in total. The van der Waals surface area contributed by atoms with Crippen LogP contribution in [-0.2, 0) is 19.6 Å². The van der Waals surface area contributed by atoms with Crippen molar-refractivity contribution in [1.82, 2.24) is 4.31 Å². The third-order valence-corrected chi connectivity index (χ3v) is 7.31. The Labute approximate surface area is 167 Å². The highest BCUT2D eigenvalue weighted by Crippen LogP contribution is 2.29. The van der Waals surface area contributed by atoms with Crippen molar-refractivity contribution in [3.05, 3.63) is 41.3 Å². The van der Waals surface area contributed by atoms with E-state index in [9.17, 15) is 18.0 Å². The molecule has 0 radical (unpaired) electrons. The summed E-state index contributed by atoms with van der Waals surface area (Å²) in [5, 5.41) is 3.16. The van der Waals surface area contributed by atoms with Gasteiger partial charge in [-0.1, -0.05) is 0 Å². The van der Waals surface area contributed by atoms with E-state index in [1.165, 1.54) is 30.7 Å². The Bertz CT molecular complexity index is 968. The van der Waals surface area contributed by atoms with Gasteiger partial charge in [0.15, 0.2) is 0 Å². The fourth-order valence-corrected chi connectivity index (χ4v) is 5.48. The average molecular weight is 425 g/mol. The SMILES string of the molecule is COC(=O)c1ccc(NC(=O)[C@@H]2CCCN2S(=O)(=O)c2ccc(OC)cc2)s1. The Morgan fingerprint density at radius 3 is 2.50 bits per heavy atom. The lowest BCUT2D eigenvalue weighted by molar-refractivity contribution is -0.119. The molecule has 1 saturated heterocycles. The van der Waals surface area contributed by atoms with E-state index in [1.54, 1.807) is 24.3 Å². The normalized spacial score (nSPS) is 17.3. The van der Waals surface area contributed by atoms with Gasteiger partial charge >= 0.3 is 5.97 Å². The van der Waals surface area contributed by atoms with Crippen LogP contribution < -0.4 is 10.1 Å². The number of nitrogens with one attached hydrogen (secondary N) is 1. The molecule has 8 nitrogen and oxygen atoms in total. The summed E-state index contributed by atoms with van der Waals surface area (Å²) in [6.07, 6.45) is 1.02. The van der Waals surface area contributed by atoms with E-state index >= 15 is 0 Å². The summed E-state index contributed by atoms with van der Waals surface area (Å²) in [5.74, 6) is -0.364. The highest BCUT2D eigenvalue weighted by Gasteiger charge is 2.39. The molecule has 2 aromatic rings. The number of hydrogen-bond acceptors (Lipinski definition) is 7. The van der Waals surface area contributed by atoms with Crippen LogP contribution in [0.3, 0.4) is 0 Å². The van der Waals surface area contributed by atoms with Gasteiger partial charge < -0.3 is 14.8 Å². The molecular formula is C18H20N2O6S2. The highest BCUT2D eigenvalue weighted by atomic mass is 32.2. The molecule has 1 aliphatic rings. The summed E-state index contributed by atoms with van der Waals surface area (Å²) in [7, 11) is -1.04. The van der Waals surface area contributed by atoms with Crippen LogP contribution in [0.2, 0.25) is 0 Å². The van der Waals surface area contributed by atoms with E-state index < -0.39 is 27.9 Å². The zero-order valence-electron chi connectivity index (χ0n) is 15.4. The topological polar surface area (TPSA) is 102 Å². The molecule has 1 aromatic heterocycles. The minimum absolute atomic E-state index is 0.108. The van der Waals surface area contributed by atoms with Crippen molar-refractivity contribution < 1.29 is 27.5 Å². The maximum Gasteiger partial charge on any atom is 0.348 e. The zero-order valence-corrected chi connectivity index (χ0v) is 17.0. The molecular weight excluding hydrogens is 404 g/mol. The van der Waals surface area contributed by atoms with Gasteiger partial charge in [0, 0.05) is 6.54 Å². The number of nitrogens with zero attached hydrogens (tertiary/aromatic N) is 1. The van der Waals surface area contributed by atoms with Crippen LogP contribution >= 0.6 is 11.3 Å². The highest BCUT2D eigenvalue weighted by molar-refractivity contribution is 7.89. The molecule has 1 amide bonds. The van der Waals surface area contributed by atoms with Crippen LogP contribution in [0.4, 0.5) is 5.00 Å². The summed E-state index contributed by atoms with van der Waals surface area (Å²) in [6, 6.07) is 8.39. The molecule has 2 heterocycles. The Hall–Kier alpha value is -2.43. The van der Waals surface area contributed by atoms with E-state index in [-0.39, 0.29) is 11.4 Å². The standard InChI is InChI=1S/C18H20N2O6S2/c1-25-12-5-7-13(8-6-12)28(23,24)20-11-3-4-14(20)17(21)19-16-10-9-15(27-16)18(22)26-2/h5-10,14H,3-4,11H2,1-2H3,(H,19,21)/t14-/m0/s1. The van der Waals surface area contributed by atoms with Crippen LogP contribution in [0.15, 0.2) is 41.3 Å². The quantitative estimate of drug-likeness (QED) is 0.714.